The number of phenolic OH excluding ortho intramolecular Hbond substituents is 1. The van der Waals surface area contributed by atoms with Crippen LogP contribution in [0.4, 0.5) is 0 Å². The minimum atomic E-state index is -0.0569. The summed E-state index contributed by atoms with van der Waals surface area (Å²) >= 11 is 0. The van der Waals surface area contributed by atoms with E-state index in [4.69, 9.17) is 0 Å². The topological polar surface area (TPSA) is 37.3 Å². The predicted octanol–water partition coefficient (Wildman–Crippen LogP) is 4.16. The first-order chi connectivity index (χ1) is 9.61. The summed E-state index contributed by atoms with van der Waals surface area (Å²) in [4.78, 5) is 12.3. The van der Waals surface area contributed by atoms with Gasteiger partial charge in [-0.15, -0.1) is 0 Å². The van der Waals surface area contributed by atoms with Crippen LogP contribution in [0.1, 0.15) is 33.5 Å². The molecule has 2 nitrogen and oxygen atoms in total. The highest BCUT2D eigenvalue weighted by Crippen LogP contribution is 2.24. The van der Waals surface area contributed by atoms with Crippen LogP contribution < -0.4 is 0 Å². The first kappa shape index (κ1) is 14.1. The Bertz CT molecular complexity index is 624. The largest absolute Gasteiger partial charge is 0.507 e. The van der Waals surface area contributed by atoms with Crippen LogP contribution in [0.25, 0.3) is 6.08 Å². The van der Waals surface area contributed by atoms with Gasteiger partial charge < -0.3 is 5.11 Å². The van der Waals surface area contributed by atoms with E-state index < -0.39 is 0 Å². The number of aryl methyl sites for hydroxylation is 2. The summed E-state index contributed by atoms with van der Waals surface area (Å²) in [6.45, 7) is 5.71. The Balaban J connectivity index is 2.13. The second-order valence-corrected chi connectivity index (χ2v) is 4.85. The highest BCUT2D eigenvalue weighted by atomic mass is 16.3. The van der Waals surface area contributed by atoms with Gasteiger partial charge in [-0.05, 0) is 30.5 Å². The second kappa shape index (κ2) is 6.20. The molecule has 2 aromatic carbocycles. The second-order valence-electron chi connectivity index (χ2n) is 4.85. The summed E-state index contributed by atoms with van der Waals surface area (Å²) in [5.74, 6) is -0.0325. The van der Waals surface area contributed by atoms with Gasteiger partial charge in [0.2, 0.25) is 0 Å². The van der Waals surface area contributed by atoms with Crippen LogP contribution >= 0.6 is 0 Å². The molecule has 0 atom stereocenters. The molecule has 1 N–H and O–H groups in total. The zero-order chi connectivity index (χ0) is 14.5. The average molecular weight is 266 g/mol. The fourth-order valence-corrected chi connectivity index (χ4v) is 2.17. The molecular weight excluding hydrogens is 248 g/mol. The fourth-order valence-electron chi connectivity index (χ4n) is 2.17. The highest BCUT2D eigenvalue weighted by molar-refractivity contribution is 6.01. The molecule has 0 heterocycles. The van der Waals surface area contributed by atoms with Crippen molar-refractivity contribution in [3.8, 4) is 5.75 Å². The minimum absolute atomic E-state index is 0.0244. The summed E-state index contributed by atoms with van der Waals surface area (Å²) in [6, 6.07) is 13.2. The van der Waals surface area contributed by atoms with Crippen molar-refractivity contribution < 1.29 is 9.90 Å². The number of phenols is 1. The third-order valence-electron chi connectivity index (χ3n) is 3.33. The Labute approximate surface area is 119 Å². The van der Waals surface area contributed by atoms with Gasteiger partial charge in [0.25, 0.3) is 0 Å². The van der Waals surface area contributed by atoms with Gasteiger partial charge in [-0.3, -0.25) is 4.79 Å². The molecule has 0 amide bonds. The van der Waals surface area contributed by atoms with Gasteiger partial charge in [-0.25, -0.2) is 0 Å². The van der Waals surface area contributed by atoms with Gasteiger partial charge in [0.15, 0.2) is 5.78 Å². The highest BCUT2D eigenvalue weighted by Gasteiger charge is 2.14. The Hall–Kier alpha value is -2.35. The lowest BCUT2D eigenvalue weighted by Crippen LogP contribution is -2.04. The fraction of sp³-hybridized carbons (Fsp3) is 0.167. The van der Waals surface area contributed by atoms with Crippen molar-refractivity contribution in [2.75, 3.05) is 0 Å². The lowest BCUT2D eigenvalue weighted by atomic mass is 9.97. The van der Waals surface area contributed by atoms with Gasteiger partial charge in [-0.1, -0.05) is 54.6 Å². The molecule has 0 aliphatic rings. The molecule has 0 radical (unpaired) electrons. The maximum absolute atomic E-state index is 12.3. The molecule has 2 rings (SSSR count). The number of carbonyl (C=O) groups is 1. The SMILES string of the molecule is C=Cc1cccc(O)c1C(=O)CCc1ccc(C)cc1. The molecule has 0 bridgehead atoms. The van der Waals surface area contributed by atoms with Crippen LogP contribution in [0.5, 0.6) is 5.75 Å². The van der Waals surface area contributed by atoms with E-state index in [2.05, 4.69) is 6.58 Å². The van der Waals surface area contributed by atoms with Crippen LogP contribution in [0.2, 0.25) is 0 Å². The zero-order valence-corrected chi connectivity index (χ0v) is 11.6. The van der Waals surface area contributed by atoms with Gasteiger partial charge in [-0.2, -0.15) is 0 Å². The van der Waals surface area contributed by atoms with Crippen molar-refractivity contribution in [3.63, 3.8) is 0 Å². The number of aromatic hydroxyl groups is 1. The predicted molar refractivity (Wildman–Crippen MR) is 82.0 cm³/mol. The van der Waals surface area contributed by atoms with Crippen molar-refractivity contribution in [1.82, 2.24) is 0 Å². The quantitative estimate of drug-likeness (QED) is 0.825. The molecule has 0 aliphatic carbocycles. The summed E-state index contributed by atoms with van der Waals surface area (Å²) in [6.07, 6.45) is 2.64. The third-order valence-corrected chi connectivity index (χ3v) is 3.33. The van der Waals surface area contributed by atoms with Crippen molar-refractivity contribution in [2.24, 2.45) is 0 Å². The van der Waals surface area contributed by atoms with Gasteiger partial charge in [0.1, 0.15) is 5.75 Å². The van der Waals surface area contributed by atoms with E-state index in [1.165, 1.54) is 11.6 Å². The number of carbonyl (C=O) groups excluding carboxylic acids is 1. The van der Waals surface area contributed by atoms with E-state index in [0.717, 1.165) is 5.56 Å². The molecule has 2 heteroatoms. The molecule has 0 saturated carbocycles. The number of hydrogen-bond donors (Lipinski definition) is 1. The monoisotopic (exact) mass is 266 g/mol. The van der Waals surface area contributed by atoms with Crippen molar-refractivity contribution in [1.29, 1.82) is 0 Å². The maximum atomic E-state index is 12.3. The van der Waals surface area contributed by atoms with Crippen molar-refractivity contribution in [3.05, 3.63) is 71.3 Å². The van der Waals surface area contributed by atoms with Crippen LogP contribution in [0.3, 0.4) is 0 Å². The zero-order valence-electron chi connectivity index (χ0n) is 11.6. The number of ketones is 1. The summed E-state index contributed by atoms with van der Waals surface area (Å²) in [7, 11) is 0. The number of rotatable bonds is 5. The van der Waals surface area contributed by atoms with E-state index in [1.54, 1.807) is 18.2 Å². The standard InChI is InChI=1S/C18H18O2/c1-3-15-5-4-6-16(19)18(15)17(20)12-11-14-9-7-13(2)8-10-14/h3-10,19H,1,11-12H2,2H3. The number of hydrogen-bond acceptors (Lipinski definition) is 2. The van der Waals surface area contributed by atoms with Crippen LogP contribution in [-0.4, -0.2) is 10.9 Å². The lowest BCUT2D eigenvalue weighted by molar-refractivity contribution is 0.0980. The number of benzene rings is 2. The third kappa shape index (κ3) is 3.15. The van der Waals surface area contributed by atoms with E-state index in [0.29, 0.717) is 24.0 Å². The molecule has 20 heavy (non-hydrogen) atoms. The van der Waals surface area contributed by atoms with Crippen molar-refractivity contribution in [2.45, 2.75) is 19.8 Å². The maximum Gasteiger partial charge on any atom is 0.167 e. The average Bonchev–Trinajstić information content (AvgIpc) is 2.46. The Kier molecular flexibility index (Phi) is 4.36. The summed E-state index contributed by atoms with van der Waals surface area (Å²) in [5, 5.41) is 9.86. The first-order valence-electron chi connectivity index (χ1n) is 6.65. The number of Topliss-reactive ketones (excluding diaryl/α,β-unsaturated/α-hetero) is 1. The Morgan fingerprint density at radius 1 is 1.20 bits per heavy atom. The molecule has 0 aliphatic heterocycles. The van der Waals surface area contributed by atoms with E-state index in [1.807, 2.05) is 31.2 Å². The summed E-state index contributed by atoms with van der Waals surface area (Å²) < 4.78 is 0. The summed E-state index contributed by atoms with van der Waals surface area (Å²) in [5.41, 5.74) is 3.38. The minimum Gasteiger partial charge on any atom is -0.507 e. The molecular formula is C18H18O2. The lowest BCUT2D eigenvalue weighted by Gasteiger charge is -2.08. The molecule has 0 unspecified atom stereocenters. The van der Waals surface area contributed by atoms with Gasteiger partial charge in [0.05, 0.1) is 5.56 Å². The van der Waals surface area contributed by atoms with Crippen molar-refractivity contribution >= 4 is 11.9 Å². The van der Waals surface area contributed by atoms with Crippen LogP contribution in [0.15, 0.2) is 49.0 Å². The van der Waals surface area contributed by atoms with Gasteiger partial charge in [0, 0.05) is 6.42 Å². The van der Waals surface area contributed by atoms with E-state index >= 15 is 0 Å². The first-order valence-corrected chi connectivity index (χ1v) is 6.65. The van der Waals surface area contributed by atoms with Crippen LogP contribution in [-0.2, 0) is 6.42 Å². The molecule has 0 saturated heterocycles. The molecule has 0 fully saturated rings. The Morgan fingerprint density at radius 2 is 1.90 bits per heavy atom. The van der Waals surface area contributed by atoms with Crippen LogP contribution in [0, 0.1) is 6.92 Å². The molecule has 0 spiro atoms. The normalized spacial score (nSPS) is 10.2. The smallest absolute Gasteiger partial charge is 0.167 e. The van der Waals surface area contributed by atoms with E-state index in [-0.39, 0.29) is 11.5 Å². The Morgan fingerprint density at radius 3 is 2.55 bits per heavy atom. The van der Waals surface area contributed by atoms with Gasteiger partial charge >= 0.3 is 0 Å². The van der Waals surface area contributed by atoms with E-state index in [9.17, 15) is 9.90 Å². The molecule has 2 aromatic rings. The molecule has 102 valence electrons. The molecule has 0 aromatic heterocycles.